The summed E-state index contributed by atoms with van der Waals surface area (Å²) in [6.45, 7) is 1.57. The van der Waals surface area contributed by atoms with Crippen LogP contribution in [0.4, 0.5) is 4.39 Å². The maximum absolute atomic E-state index is 12.2. The maximum Gasteiger partial charge on any atom is 0.194 e. The van der Waals surface area contributed by atoms with Gasteiger partial charge in [0.25, 0.3) is 0 Å². The van der Waals surface area contributed by atoms with E-state index in [2.05, 4.69) is 10.3 Å². The predicted molar refractivity (Wildman–Crippen MR) is 50.6 cm³/mol. The van der Waals surface area contributed by atoms with Crippen LogP contribution in [-0.4, -0.2) is 18.1 Å². The summed E-state index contributed by atoms with van der Waals surface area (Å²) in [6.07, 6.45) is 4.72. The van der Waals surface area contributed by atoms with Crippen LogP contribution in [0.5, 0.6) is 0 Å². The van der Waals surface area contributed by atoms with Gasteiger partial charge in [-0.3, -0.25) is 0 Å². The second kappa shape index (κ2) is 4.55. The van der Waals surface area contributed by atoms with Gasteiger partial charge in [0, 0.05) is 6.42 Å². The summed E-state index contributed by atoms with van der Waals surface area (Å²) < 4.78 is 17.4. The fraction of sp³-hybridized carbons (Fsp3) is 0.700. The highest BCUT2D eigenvalue weighted by Gasteiger charge is 2.16. The molecule has 0 bridgehead atoms. The Hall–Kier alpha value is -0.900. The zero-order valence-corrected chi connectivity index (χ0v) is 8.13. The molecule has 2 heterocycles. The fourth-order valence-electron chi connectivity index (χ4n) is 1.85. The van der Waals surface area contributed by atoms with E-state index in [0.29, 0.717) is 17.6 Å². The Morgan fingerprint density at radius 2 is 2.57 bits per heavy atom. The van der Waals surface area contributed by atoms with Crippen molar-refractivity contribution in [1.82, 2.24) is 10.3 Å². The minimum Gasteiger partial charge on any atom is -0.443 e. The van der Waals surface area contributed by atoms with Crippen LogP contribution in [-0.2, 0) is 13.1 Å². The Labute approximate surface area is 82.7 Å². The lowest BCUT2D eigenvalue weighted by Gasteiger charge is -2.21. The molecule has 1 aromatic heterocycles. The summed E-state index contributed by atoms with van der Waals surface area (Å²) in [5.74, 6) is 1.60. The molecule has 0 aliphatic carbocycles. The van der Waals surface area contributed by atoms with E-state index in [9.17, 15) is 4.39 Å². The van der Waals surface area contributed by atoms with E-state index in [0.717, 1.165) is 19.5 Å². The Bertz CT molecular complexity index is 281. The SMILES string of the molecule is FCc1cnc(CC2CCCNC2)o1. The van der Waals surface area contributed by atoms with E-state index in [1.807, 2.05) is 0 Å². The monoisotopic (exact) mass is 198 g/mol. The molecule has 1 N–H and O–H groups in total. The number of piperidine rings is 1. The highest BCUT2D eigenvalue weighted by atomic mass is 19.1. The van der Waals surface area contributed by atoms with Crippen LogP contribution in [0.2, 0.25) is 0 Å². The topological polar surface area (TPSA) is 38.1 Å². The molecule has 1 aliphatic rings. The standard InChI is InChI=1S/C10H15FN2O/c11-5-9-7-13-10(14-9)4-8-2-1-3-12-6-8/h7-8,12H,1-6H2. The first-order valence-corrected chi connectivity index (χ1v) is 5.08. The third kappa shape index (κ3) is 2.32. The largest absolute Gasteiger partial charge is 0.443 e. The predicted octanol–water partition coefficient (Wildman–Crippen LogP) is 1.69. The lowest BCUT2D eigenvalue weighted by Crippen LogP contribution is -2.30. The minimum atomic E-state index is -0.560. The van der Waals surface area contributed by atoms with Crippen molar-refractivity contribution in [2.24, 2.45) is 5.92 Å². The third-order valence-electron chi connectivity index (χ3n) is 2.60. The summed E-state index contributed by atoms with van der Waals surface area (Å²) in [6, 6.07) is 0. The van der Waals surface area contributed by atoms with Crippen LogP contribution in [0, 0.1) is 5.92 Å². The summed E-state index contributed by atoms with van der Waals surface area (Å²) >= 11 is 0. The maximum atomic E-state index is 12.2. The van der Waals surface area contributed by atoms with Crippen LogP contribution in [0.15, 0.2) is 10.6 Å². The van der Waals surface area contributed by atoms with E-state index in [-0.39, 0.29) is 0 Å². The van der Waals surface area contributed by atoms with Crippen molar-refractivity contribution < 1.29 is 8.81 Å². The number of rotatable bonds is 3. The van der Waals surface area contributed by atoms with Crippen molar-refractivity contribution in [2.45, 2.75) is 25.9 Å². The van der Waals surface area contributed by atoms with Gasteiger partial charge in [0.2, 0.25) is 0 Å². The first-order chi connectivity index (χ1) is 6.88. The fourth-order valence-corrected chi connectivity index (χ4v) is 1.85. The smallest absolute Gasteiger partial charge is 0.194 e. The van der Waals surface area contributed by atoms with Crippen LogP contribution in [0.25, 0.3) is 0 Å². The Balaban J connectivity index is 1.89. The minimum absolute atomic E-state index is 0.337. The van der Waals surface area contributed by atoms with Gasteiger partial charge >= 0.3 is 0 Å². The number of hydrogen-bond acceptors (Lipinski definition) is 3. The van der Waals surface area contributed by atoms with Crippen molar-refractivity contribution in [3.8, 4) is 0 Å². The summed E-state index contributed by atoms with van der Waals surface area (Å²) in [5, 5.41) is 3.33. The number of nitrogens with zero attached hydrogens (tertiary/aromatic N) is 1. The van der Waals surface area contributed by atoms with Crippen LogP contribution in [0.1, 0.15) is 24.5 Å². The molecule has 14 heavy (non-hydrogen) atoms. The zero-order valence-electron chi connectivity index (χ0n) is 8.13. The molecule has 2 rings (SSSR count). The number of oxazole rings is 1. The molecule has 0 aromatic carbocycles. The molecule has 0 radical (unpaired) electrons. The molecule has 1 saturated heterocycles. The van der Waals surface area contributed by atoms with Gasteiger partial charge in [0.15, 0.2) is 11.7 Å². The lowest BCUT2D eigenvalue weighted by molar-refractivity contribution is 0.325. The van der Waals surface area contributed by atoms with Gasteiger partial charge in [-0.2, -0.15) is 0 Å². The number of alkyl halides is 1. The molecule has 1 aliphatic heterocycles. The van der Waals surface area contributed by atoms with E-state index in [1.54, 1.807) is 0 Å². The molecule has 0 amide bonds. The van der Waals surface area contributed by atoms with Crippen molar-refractivity contribution in [3.05, 3.63) is 17.8 Å². The summed E-state index contributed by atoms with van der Waals surface area (Å²) in [4.78, 5) is 4.05. The molecule has 1 fully saturated rings. The lowest BCUT2D eigenvalue weighted by atomic mass is 9.96. The van der Waals surface area contributed by atoms with Gasteiger partial charge in [-0.15, -0.1) is 0 Å². The molecule has 0 spiro atoms. The molecule has 1 unspecified atom stereocenters. The van der Waals surface area contributed by atoms with Crippen LogP contribution in [0.3, 0.4) is 0 Å². The van der Waals surface area contributed by atoms with Crippen molar-refractivity contribution in [1.29, 1.82) is 0 Å². The van der Waals surface area contributed by atoms with Crippen molar-refractivity contribution in [3.63, 3.8) is 0 Å². The first-order valence-electron chi connectivity index (χ1n) is 5.08. The van der Waals surface area contributed by atoms with Gasteiger partial charge in [-0.05, 0) is 31.8 Å². The quantitative estimate of drug-likeness (QED) is 0.803. The summed E-state index contributed by atoms with van der Waals surface area (Å²) in [5.41, 5.74) is 0. The highest BCUT2D eigenvalue weighted by molar-refractivity contribution is 4.94. The average molecular weight is 198 g/mol. The highest BCUT2D eigenvalue weighted by Crippen LogP contribution is 2.16. The number of halogens is 1. The van der Waals surface area contributed by atoms with Gasteiger partial charge in [-0.1, -0.05) is 0 Å². The zero-order chi connectivity index (χ0) is 9.80. The Morgan fingerprint density at radius 3 is 3.21 bits per heavy atom. The average Bonchev–Trinajstić information content (AvgIpc) is 2.67. The van der Waals surface area contributed by atoms with E-state index < -0.39 is 6.67 Å². The molecule has 3 nitrogen and oxygen atoms in total. The molecule has 78 valence electrons. The second-order valence-electron chi connectivity index (χ2n) is 3.77. The van der Waals surface area contributed by atoms with Gasteiger partial charge < -0.3 is 9.73 Å². The third-order valence-corrected chi connectivity index (χ3v) is 2.60. The Morgan fingerprint density at radius 1 is 1.64 bits per heavy atom. The van der Waals surface area contributed by atoms with Gasteiger partial charge in [-0.25, -0.2) is 9.37 Å². The number of aromatic nitrogens is 1. The second-order valence-corrected chi connectivity index (χ2v) is 3.77. The number of hydrogen-bond donors (Lipinski definition) is 1. The van der Waals surface area contributed by atoms with Gasteiger partial charge in [0.05, 0.1) is 6.20 Å². The molecular formula is C10H15FN2O. The summed E-state index contributed by atoms with van der Waals surface area (Å²) in [7, 11) is 0. The molecule has 1 aromatic rings. The molecular weight excluding hydrogens is 183 g/mol. The normalized spacial score (nSPS) is 22.5. The van der Waals surface area contributed by atoms with Crippen LogP contribution < -0.4 is 5.32 Å². The van der Waals surface area contributed by atoms with Crippen LogP contribution >= 0.6 is 0 Å². The van der Waals surface area contributed by atoms with Crippen molar-refractivity contribution in [2.75, 3.05) is 13.1 Å². The van der Waals surface area contributed by atoms with E-state index in [1.165, 1.54) is 19.0 Å². The Kier molecular flexibility index (Phi) is 3.14. The van der Waals surface area contributed by atoms with E-state index in [4.69, 9.17) is 4.42 Å². The van der Waals surface area contributed by atoms with E-state index >= 15 is 0 Å². The molecule has 4 heteroatoms. The molecule has 0 saturated carbocycles. The van der Waals surface area contributed by atoms with Gasteiger partial charge in [0.1, 0.15) is 6.67 Å². The number of nitrogens with one attached hydrogen (secondary N) is 1. The first kappa shape index (κ1) is 9.65. The molecule has 1 atom stereocenters. The van der Waals surface area contributed by atoms with Crippen molar-refractivity contribution >= 4 is 0 Å².